The number of fused-ring (bicyclic) bond motifs is 1. The minimum absolute atomic E-state index is 0.500. The van der Waals surface area contributed by atoms with Gasteiger partial charge in [-0.3, -0.25) is 4.98 Å². The summed E-state index contributed by atoms with van der Waals surface area (Å²) in [7, 11) is 0. The normalized spacial score (nSPS) is 10.6. The van der Waals surface area contributed by atoms with E-state index in [9.17, 15) is 0 Å². The highest BCUT2D eigenvalue weighted by Crippen LogP contribution is 2.27. The van der Waals surface area contributed by atoms with Crippen LogP contribution in [-0.4, -0.2) is 9.97 Å². The lowest BCUT2D eigenvalue weighted by molar-refractivity contribution is 1.31. The van der Waals surface area contributed by atoms with Crippen LogP contribution in [0.1, 0.15) is 0 Å². The molecule has 5 heteroatoms. The molecular weight excluding hydrogens is 260 g/mol. The first-order chi connectivity index (χ1) is 9.24. The molecule has 0 bridgehead atoms. The maximum atomic E-state index is 5.88. The molecule has 0 aliphatic rings. The van der Waals surface area contributed by atoms with Gasteiger partial charge in [-0.05, 0) is 18.2 Å². The molecule has 0 unspecified atom stereocenters. The zero-order valence-corrected chi connectivity index (χ0v) is 10.7. The second-order valence-electron chi connectivity index (χ2n) is 4.10. The standard InChI is InChI=1S/C14H11ClN4/c15-10-7-11(16)14(18-8-10)19-12-5-1-3-9-4-2-6-17-13(9)12/h1-8H,16H2,(H,18,19). The second kappa shape index (κ2) is 4.74. The van der Waals surface area contributed by atoms with Gasteiger partial charge in [0.1, 0.15) is 0 Å². The molecule has 1 aromatic carbocycles. The quantitative estimate of drug-likeness (QED) is 0.747. The lowest BCUT2D eigenvalue weighted by Gasteiger charge is -2.10. The predicted octanol–water partition coefficient (Wildman–Crippen LogP) is 3.61. The highest BCUT2D eigenvalue weighted by atomic mass is 35.5. The zero-order chi connectivity index (χ0) is 13.2. The van der Waals surface area contributed by atoms with Gasteiger partial charge in [-0.1, -0.05) is 29.8 Å². The fourth-order valence-electron chi connectivity index (χ4n) is 1.89. The Labute approximate surface area is 115 Å². The van der Waals surface area contributed by atoms with E-state index < -0.39 is 0 Å². The fraction of sp³-hybridized carbons (Fsp3) is 0. The van der Waals surface area contributed by atoms with Gasteiger partial charge >= 0.3 is 0 Å². The van der Waals surface area contributed by atoms with Crippen LogP contribution in [0.2, 0.25) is 5.02 Å². The van der Waals surface area contributed by atoms with Crippen molar-refractivity contribution >= 4 is 39.7 Å². The van der Waals surface area contributed by atoms with Crippen molar-refractivity contribution in [1.29, 1.82) is 0 Å². The zero-order valence-electron chi connectivity index (χ0n) is 9.97. The van der Waals surface area contributed by atoms with E-state index in [1.807, 2.05) is 30.3 Å². The Morgan fingerprint density at radius 2 is 1.95 bits per heavy atom. The monoisotopic (exact) mass is 270 g/mol. The summed E-state index contributed by atoms with van der Waals surface area (Å²) in [5.74, 6) is 0.572. The van der Waals surface area contributed by atoms with Gasteiger partial charge < -0.3 is 11.1 Å². The molecule has 3 N–H and O–H groups in total. The molecule has 3 aromatic rings. The fourth-order valence-corrected chi connectivity index (χ4v) is 2.06. The van der Waals surface area contributed by atoms with Gasteiger partial charge in [0.05, 0.1) is 21.9 Å². The molecule has 2 aromatic heterocycles. The van der Waals surface area contributed by atoms with Gasteiger partial charge in [0, 0.05) is 17.8 Å². The van der Waals surface area contributed by atoms with Gasteiger partial charge in [0.15, 0.2) is 5.82 Å². The van der Waals surface area contributed by atoms with Crippen molar-refractivity contribution < 1.29 is 0 Å². The van der Waals surface area contributed by atoms with Crippen LogP contribution in [0.4, 0.5) is 17.2 Å². The van der Waals surface area contributed by atoms with Crippen LogP contribution in [0, 0.1) is 0 Å². The first-order valence-corrected chi connectivity index (χ1v) is 6.13. The number of aromatic nitrogens is 2. The number of anilines is 3. The van der Waals surface area contributed by atoms with Crippen LogP contribution >= 0.6 is 11.6 Å². The molecule has 0 fully saturated rings. The Hall–Kier alpha value is -2.33. The molecule has 0 radical (unpaired) electrons. The predicted molar refractivity (Wildman–Crippen MR) is 78.7 cm³/mol. The van der Waals surface area contributed by atoms with Crippen LogP contribution in [0.15, 0.2) is 48.8 Å². The number of hydrogen-bond acceptors (Lipinski definition) is 4. The first-order valence-electron chi connectivity index (χ1n) is 5.76. The molecule has 0 aliphatic heterocycles. The van der Waals surface area contributed by atoms with Gasteiger partial charge in [-0.15, -0.1) is 0 Å². The summed E-state index contributed by atoms with van der Waals surface area (Å²) in [4.78, 5) is 8.55. The van der Waals surface area contributed by atoms with Gasteiger partial charge in [-0.25, -0.2) is 4.98 Å². The third-order valence-electron chi connectivity index (χ3n) is 2.77. The minimum Gasteiger partial charge on any atom is -0.396 e. The molecule has 0 spiro atoms. The van der Waals surface area contributed by atoms with Gasteiger partial charge in [0.25, 0.3) is 0 Å². The van der Waals surface area contributed by atoms with Crippen LogP contribution in [0.3, 0.4) is 0 Å². The average molecular weight is 271 g/mol. The van der Waals surface area contributed by atoms with Crippen molar-refractivity contribution in [1.82, 2.24) is 9.97 Å². The van der Waals surface area contributed by atoms with E-state index in [1.165, 1.54) is 0 Å². The summed E-state index contributed by atoms with van der Waals surface area (Å²) in [6.45, 7) is 0. The van der Waals surface area contributed by atoms with E-state index in [-0.39, 0.29) is 0 Å². The molecule has 0 aliphatic carbocycles. The number of rotatable bonds is 2. The third-order valence-corrected chi connectivity index (χ3v) is 2.98. The van der Waals surface area contributed by atoms with E-state index in [0.717, 1.165) is 16.6 Å². The number of pyridine rings is 2. The SMILES string of the molecule is Nc1cc(Cl)cnc1Nc1cccc2cccnc12. The first kappa shape index (κ1) is 11.7. The Bertz CT molecular complexity index is 737. The molecule has 0 saturated carbocycles. The summed E-state index contributed by atoms with van der Waals surface area (Å²) in [6, 6.07) is 11.5. The van der Waals surface area contributed by atoms with Crippen molar-refractivity contribution in [3.05, 3.63) is 53.8 Å². The van der Waals surface area contributed by atoms with Crippen LogP contribution in [0.25, 0.3) is 10.9 Å². The van der Waals surface area contributed by atoms with Crippen molar-refractivity contribution in [2.75, 3.05) is 11.1 Å². The Morgan fingerprint density at radius 1 is 1.11 bits per heavy atom. The smallest absolute Gasteiger partial charge is 0.153 e. The van der Waals surface area contributed by atoms with Crippen LogP contribution in [0.5, 0.6) is 0 Å². The Morgan fingerprint density at radius 3 is 2.79 bits per heavy atom. The summed E-state index contributed by atoms with van der Waals surface area (Å²) < 4.78 is 0. The average Bonchev–Trinajstić information content (AvgIpc) is 2.42. The van der Waals surface area contributed by atoms with E-state index in [0.29, 0.717) is 16.5 Å². The number of nitrogens with one attached hydrogen (secondary N) is 1. The van der Waals surface area contributed by atoms with Crippen molar-refractivity contribution in [2.24, 2.45) is 0 Å². The molecule has 2 heterocycles. The molecule has 0 saturated heterocycles. The molecule has 4 nitrogen and oxygen atoms in total. The molecule has 3 rings (SSSR count). The number of nitrogens with two attached hydrogens (primary N) is 1. The number of benzene rings is 1. The summed E-state index contributed by atoms with van der Waals surface area (Å²) in [6.07, 6.45) is 3.31. The lowest BCUT2D eigenvalue weighted by Crippen LogP contribution is -1.99. The molecular formula is C14H11ClN4. The van der Waals surface area contributed by atoms with Gasteiger partial charge in [-0.2, -0.15) is 0 Å². The highest BCUT2D eigenvalue weighted by Gasteiger charge is 2.05. The number of nitrogens with zero attached hydrogens (tertiary/aromatic N) is 2. The summed E-state index contributed by atoms with van der Waals surface area (Å²) in [5.41, 5.74) is 8.12. The van der Waals surface area contributed by atoms with Gasteiger partial charge in [0.2, 0.25) is 0 Å². The van der Waals surface area contributed by atoms with Crippen molar-refractivity contribution in [3.63, 3.8) is 0 Å². The minimum atomic E-state index is 0.500. The molecule has 19 heavy (non-hydrogen) atoms. The summed E-state index contributed by atoms with van der Waals surface area (Å²) >= 11 is 5.83. The van der Waals surface area contributed by atoms with E-state index in [4.69, 9.17) is 17.3 Å². The lowest BCUT2D eigenvalue weighted by atomic mass is 10.2. The van der Waals surface area contributed by atoms with Crippen molar-refractivity contribution in [2.45, 2.75) is 0 Å². The summed E-state index contributed by atoms with van der Waals surface area (Å²) in [5, 5.41) is 4.75. The van der Waals surface area contributed by atoms with Crippen LogP contribution < -0.4 is 11.1 Å². The van der Waals surface area contributed by atoms with E-state index >= 15 is 0 Å². The Kier molecular flexibility index (Phi) is 2.93. The van der Waals surface area contributed by atoms with E-state index in [1.54, 1.807) is 18.5 Å². The number of nitrogen functional groups attached to an aromatic ring is 1. The number of hydrogen-bond donors (Lipinski definition) is 2. The maximum Gasteiger partial charge on any atom is 0.153 e. The second-order valence-corrected chi connectivity index (χ2v) is 4.53. The molecule has 0 amide bonds. The Balaban J connectivity index is 2.06. The largest absolute Gasteiger partial charge is 0.396 e. The molecule has 0 atom stereocenters. The number of para-hydroxylation sites is 1. The number of halogens is 1. The highest BCUT2D eigenvalue weighted by molar-refractivity contribution is 6.30. The maximum absolute atomic E-state index is 5.88. The van der Waals surface area contributed by atoms with Crippen molar-refractivity contribution in [3.8, 4) is 0 Å². The van der Waals surface area contributed by atoms with Crippen LogP contribution in [-0.2, 0) is 0 Å². The molecule has 94 valence electrons. The van der Waals surface area contributed by atoms with E-state index in [2.05, 4.69) is 15.3 Å². The third kappa shape index (κ3) is 2.30. The topological polar surface area (TPSA) is 63.8 Å².